The molecule has 0 radical (unpaired) electrons. The summed E-state index contributed by atoms with van der Waals surface area (Å²) >= 11 is 5.99. The van der Waals surface area contributed by atoms with Crippen molar-refractivity contribution in [2.45, 2.75) is 19.9 Å². The minimum absolute atomic E-state index is 0.0682. The molecule has 0 aliphatic heterocycles. The fourth-order valence-electron chi connectivity index (χ4n) is 2.00. The molecule has 2 rings (SSSR count). The quantitative estimate of drug-likeness (QED) is 0.888. The number of aromatic carboxylic acids is 1. The Morgan fingerprint density at radius 3 is 2.76 bits per heavy atom. The highest BCUT2D eigenvalue weighted by molar-refractivity contribution is 6.34. The molecule has 0 saturated carbocycles. The van der Waals surface area contributed by atoms with Crippen LogP contribution >= 0.6 is 11.6 Å². The number of anilines is 1. The van der Waals surface area contributed by atoms with E-state index in [1.54, 1.807) is 12.1 Å². The molecule has 0 aliphatic rings. The van der Waals surface area contributed by atoms with Gasteiger partial charge in [0.1, 0.15) is 5.69 Å². The van der Waals surface area contributed by atoms with E-state index < -0.39 is 5.97 Å². The van der Waals surface area contributed by atoms with Crippen LogP contribution in [0.3, 0.4) is 0 Å². The number of nitrogens with one attached hydrogen (secondary N) is 1. The van der Waals surface area contributed by atoms with E-state index in [1.807, 2.05) is 17.7 Å². The first kappa shape index (κ1) is 15.1. The number of halogens is 1. The number of carbonyl (C=O) groups excluding carboxylic acids is 1. The van der Waals surface area contributed by atoms with Crippen molar-refractivity contribution in [2.75, 3.05) is 5.32 Å². The summed E-state index contributed by atoms with van der Waals surface area (Å²) in [6, 6.07) is 7.68. The van der Waals surface area contributed by atoms with Crippen LogP contribution in [0.1, 0.15) is 34.2 Å². The molecule has 2 aromatic rings. The number of nitrogens with zero attached hydrogens (tertiary/aromatic N) is 1. The highest BCUT2D eigenvalue weighted by Crippen LogP contribution is 2.24. The standard InChI is InChI=1S/C15H15ClN2O3/c1-2-7-18-8-3-4-13(18)14(19)17-12-9-10(15(20)21)5-6-11(12)16/h3-6,8-9H,2,7H2,1H3,(H,17,19)(H,20,21). The molecule has 0 fully saturated rings. The van der Waals surface area contributed by atoms with Gasteiger partial charge in [-0.3, -0.25) is 4.79 Å². The van der Waals surface area contributed by atoms with E-state index >= 15 is 0 Å². The van der Waals surface area contributed by atoms with Gasteiger partial charge in [0.25, 0.3) is 5.91 Å². The number of hydrogen-bond donors (Lipinski definition) is 2. The van der Waals surface area contributed by atoms with E-state index in [0.29, 0.717) is 10.7 Å². The largest absolute Gasteiger partial charge is 0.478 e. The topological polar surface area (TPSA) is 71.3 Å². The minimum Gasteiger partial charge on any atom is -0.478 e. The predicted molar refractivity (Wildman–Crippen MR) is 81.1 cm³/mol. The lowest BCUT2D eigenvalue weighted by atomic mass is 10.2. The van der Waals surface area contributed by atoms with Crippen LogP contribution in [0.2, 0.25) is 5.02 Å². The van der Waals surface area contributed by atoms with Gasteiger partial charge in [-0.15, -0.1) is 0 Å². The summed E-state index contributed by atoms with van der Waals surface area (Å²) < 4.78 is 1.84. The Bertz CT molecular complexity index is 679. The molecule has 0 saturated heterocycles. The molecule has 0 atom stereocenters. The summed E-state index contributed by atoms with van der Waals surface area (Å²) in [6.45, 7) is 2.76. The van der Waals surface area contributed by atoms with Crippen LogP contribution in [-0.4, -0.2) is 21.6 Å². The van der Waals surface area contributed by atoms with Gasteiger partial charge in [-0.05, 0) is 36.8 Å². The fraction of sp³-hybridized carbons (Fsp3) is 0.200. The molecule has 0 unspecified atom stereocenters. The number of benzene rings is 1. The first-order chi connectivity index (χ1) is 10.0. The normalized spacial score (nSPS) is 10.4. The lowest BCUT2D eigenvalue weighted by Gasteiger charge is -2.10. The van der Waals surface area contributed by atoms with E-state index in [0.717, 1.165) is 13.0 Å². The second-order valence-corrected chi connectivity index (χ2v) is 4.95. The van der Waals surface area contributed by atoms with Crippen LogP contribution in [0.15, 0.2) is 36.5 Å². The average molecular weight is 307 g/mol. The monoisotopic (exact) mass is 306 g/mol. The Morgan fingerprint density at radius 1 is 1.33 bits per heavy atom. The Labute approximate surface area is 127 Å². The van der Waals surface area contributed by atoms with Gasteiger partial charge < -0.3 is 15.0 Å². The second kappa shape index (κ2) is 6.45. The third-order valence-corrected chi connectivity index (χ3v) is 3.32. The molecule has 0 spiro atoms. The number of carboxylic acid groups (broad SMARTS) is 1. The molecule has 110 valence electrons. The molecule has 6 heteroatoms. The molecule has 2 N–H and O–H groups in total. The van der Waals surface area contributed by atoms with E-state index in [9.17, 15) is 9.59 Å². The van der Waals surface area contributed by atoms with Gasteiger partial charge in [-0.2, -0.15) is 0 Å². The van der Waals surface area contributed by atoms with E-state index in [4.69, 9.17) is 16.7 Å². The lowest BCUT2D eigenvalue weighted by Crippen LogP contribution is -2.17. The fourth-order valence-corrected chi connectivity index (χ4v) is 2.16. The molecule has 1 amide bonds. The summed E-state index contributed by atoms with van der Waals surface area (Å²) in [5, 5.41) is 11.9. The number of hydrogen-bond acceptors (Lipinski definition) is 2. The number of aromatic nitrogens is 1. The van der Waals surface area contributed by atoms with Crippen LogP contribution in [0, 0.1) is 0 Å². The summed E-state index contributed by atoms with van der Waals surface area (Å²) in [6.07, 6.45) is 2.73. The van der Waals surface area contributed by atoms with E-state index in [1.165, 1.54) is 18.2 Å². The third-order valence-electron chi connectivity index (χ3n) is 2.99. The smallest absolute Gasteiger partial charge is 0.335 e. The maximum absolute atomic E-state index is 12.3. The van der Waals surface area contributed by atoms with Gasteiger partial charge in [0, 0.05) is 12.7 Å². The minimum atomic E-state index is -1.07. The molecular weight excluding hydrogens is 292 g/mol. The van der Waals surface area contributed by atoms with Gasteiger partial charge in [0.15, 0.2) is 0 Å². The van der Waals surface area contributed by atoms with E-state index in [2.05, 4.69) is 5.32 Å². The number of carbonyl (C=O) groups is 2. The Hall–Kier alpha value is -2.27. The van der Waals surface area contributed by atoms with Crippen molar-refractivity contribution in [1.29, 1.82) is 0 Å². The molecule has 1 aromatic heterocycles. The average Bonchev–Trinajstić information content (AvgIpc) is 2.89. The van der Waals surface area contributed by atoms with Crippen molar-refractivity contribution in [3.05, 3.63) is 52.8 Å². The SMILES string of the molecule is CCCn1cccc1C(=O)Nc1cc(C(=O)O)ccc1Cl. The van der Waals surface area contributed by atoms with Gasteiger partial charge >= 0.3 is 5.97 Å². The molecule has 1 heterocycles. The Morgan fingerprint density at radius 2 is 2.10 bits per heavy atom. The number of aryl methyl sites for hydroxylation is 1. The third kappa shape index (κ3) is 3.44. The first-order valence-corrected chi connectivity index (χ1v) is 6.90. The van der Waals surface area contributed by atoms with Crippen LogP contribution in [0.5, 0.6) is 0 Å². The zero-order valence-electron chi connectivity index (χ0n) is 11.5. The van der Waals surface area contributed by atoms with Crippen LogP contribution in [-0.2, 0) is 6.54 Å². The van der Waals surface area contributed by atoms with Gasteiger partial charge in [0.2, 0.25) is 0 Å². The van der Waals surface area contributed by atoms with Gasteiger partial charge in [0.05, 0.1) is 16.3 Å². The first-order valence-electron chi connectivity index (χ1n) is 6.52. The molecule has 0 aliphatic carbocycles. The molecule has 1 aromatic carbocycles. The van der Waals surface area contributed by atoms with Crippen molar-refractivity contribution in [3.63, 3.8) is 0 Å². The number of carboxylic acids is 1. The molecule has 21 heavy (non-hydrogen) atoms. The van der Waals surface area contributed by atoms with Crippen molar-refractivity contribution in [1.82, 2.24) is 4.57 Å². The molecule has 0 bridgehead atoms. The zero-order chi connectivity index (χ0) is 15.4. The Balaban J connectivity index is 2.25. The maximum atomic E-state index is 12.3. The maximum Gasteiger partial charge on any atom is 0.335 e. The highest BCUT2D eigenvalue weighted by Gasteiger charge is 2.14. The number of rotatable bonds is 5. The summed E-state index contributed by atoms with van der Waals surface area (Å²) in [5.41, 5.74) is 0.859. The molecule has 5 nitrogen and oxygen atoms in total. The summed E-state index contributed by atoms with van der Waals surface area (Å²) in [4.78, 5) is 23.2. The van der Waals surface area contributed by atoms with Crippen molar-refractivity contribution < 1.29 is 14.7 Å². The lowest BCUT2D eigenvalue weighted by molar-refractivity contribution is 0.0696. The highest BCUT2D eigenvalue weighted by atomic mass is 35.5. The molecular formula is C15H15ClN2O3. The Kier molecular flexibility index (Phi) is 4.65. The predicted octanol–water partition coefficient (Wildman–Crippen LogP) is 3.50. The summed E-state index contributed by atoms with van der Waals surface area (Å²) in [7, 11) is 0. The summed E-state index contributed by atoms with van der Waals surface area (Å²) in [5.74, 6) is -1.39. The number of amides is 1. The van der Waals surface area contributed by atoms with Crippen LogP contribution in [0.25, 0.3) is 0 Å². The van der Waals surface area contributed by atoms with Crippen molar-refractivity contribution in [3.8, 4) is 0 Å². The van der Waals surface area contributed by atoms with Crippen LogP contribution in [0.4, 0.5) is 5.69 Å². The van der Waals surface area contributed by atoms with Gasteiger partial charge in [-0.1, -0.05) is 18.5 Å². The van der Waals surface area contributed by atoms with Crippen molar-refractivity contribution >= 4 is 29.2 Å². The van der Waals surface area contributed by atoms with E-state index in [-0.39, 0.29) is 17.2 Å². The zero-order valence-corrected chi connectivity index (χ0v) is 12.2. The van der Waals surface area contributed by atoms with Gasteiger partial charge in [-0.25, -0.2) is 4.79 Å². The van der Waals surface area contributed by atoms with Crippen LogP contribution < -0.4 is 5.32 Å². The second-order valence-electron chi connectivity index (χ2n) is 4.54. The van der Waals surface area contributed by atoms with Crippen molar-refractivity contribution in [2.24, 2.45) is 0 Å².